The highest BCUT2D eigenvalue weighted by atomic mass is 16.2. The quantitative estimate of drug-likeness (QED) is 0.379. The Morgan fingerprint density at radius 1 is 1.10 bits per heavy atom. The summed E-state index contributed by atoms with van der Waals surface area (Å²) in [7, 11) is 0. The lowest BCUT2D eigenvalue weighted by atomic mass is 10.1. The Bertz CT molecular complexity index is 1000. The van der Waals surface area contributed by atoms with E-state index in [-0.39, 0.29) is 6.03 Å². The number of rotatable bonds is 8. The Balaban J connectivity index is 1.33. The van der Waals surface area contributed by atoms with E-state index in [2.05, 4.69) is 63.8 Å². The van der Waals surface area contributed by atoms with E-state index < -0.39 is 0 Å². The SMILES string of the molecule is CCN(CC)CCCNC(=O)Nc1ccc(-c2n[nH]c3c2Cc2ccccc2-3)cc1. The molecule has 6 nitrogen and oxygen atoms in total. The van der Waals surface area contributed by atoms with E-state index in [4.69, 9.17) is 0 Å². The fourth-order valence-electron chi connectivity index (χ4n) is 4.04. The third kappa shape index (κ3) is 4.24. The highest BCUT2D eigenvalue weighted by Crippen LogP contribution is 2.39. The third-order valence-electron chi connectivity index (χ3n) is 5.77. The summed E-state index contributed by atoms with van der Waals surface area (Å²) in [6.45, 7) is 8.06. The molecular weight excluding hydrogens is 374 g/mol. The van der Waals surface area contributed by atoms with Gasteiger partial charge in [-0.2, -0.15) is 5.10 Å². The van der Waals surface area contributed by atoms with Gasteiger partial charge in [0.15, 0.2) is 0 Å². The first-order chi connectivity index (χ1) is 14.7. The van der Waals surface area contributed by atoms with Gasteiger partial charge >= 0.3 is 6.03 Å². The number of aromatic amines is 1. The Kier molecular flexibility index (Phi) is 6.14. The van der Waals surface area contributed by atoms with Crippen molar-refractivity contribution < 1.29 is 4.79 Å². The van der Waals surface area contributed by atoms with Gasteiger partial charge in [0, 0.05) is 35.3 Å². The van der Waals surface area contributed by atoms with Crippen molar-refractivity contribution in [1.29, 1.82) is 0 Å². The Labute approximate surface area is 177 Å². The van der Waals surface area contributed by atoms with Gasteiger partial charge in [-0.25, -0.2) is 4.79 Å². The zero-order chi connectivity index (χ0) is 20.9. The fourth-order valence-corrected chi connectivity index (χ4v) is 4.04. The topological polar surface area (TPSA) is 73.1 Å². The maximum atomic E-state index is 12.1. The molecule has 2 amide bonds. The van der Waals surface area contributed by atoms with E-state index in [1.807, 2.05) is 24.3 Å². The number of benzene rings is 2. The van der Waals surface area contributed by atoms with Crippen molar-refractivity contribution in [3.8, 4) is 22.5 Å². The van der Waals surface area contributed by atoms with Gasteiger partial charge < -0.3 is 15.5 Å². The maximum absolute atomic E-state index is 12.1. The first kappa shape index (κ1) is 20.2. The second kappa shape index (κ2) is 9.13. The maximum Gasteiger partial charge on any atom is 0.319 e. The van der Waals surface area contributed by atoms with E-state index in [9.17, 15) is 4.79 Å². The van der Waals surface area contributed by atoms with Crippen LogP contribution in [0.1, 0.15) is 31.4 Å². The standard InChI is InChI=1S/C24H29N5O/c1-3-29(4-2)15-7-14-25-24(30)26-19-12-10-17(11-13-19)22-21-16-18-8-5-6-9-20(18)23(21)28-27-22/h5-6,8-13H,3-4,7,14-16H2,1-2H3,(H,27,28)(H2,25,26,30). The van der Waals surface area contributed by atoms with Crippen LogP contribution in [0, 0.1) is 0 Å². The van der Waals surface area contributed by atoms with Crippen molar-refractivity contribution in [1.82, 2.24) is 20.4 Å². The summed E-state index contributed by atoms with van der Waals surface area (Å²) in [4.78, 5) is 14.5. The number of hydrogen-bond acceptors (Lipinski definition) is 3. The molecular formula is C24H29N5O. The molecule has 0 unspecified atom stereocenters. The molecule has 1 heterocycles. The molecule has 6 heteroatoms. The fraction of sp³-hybridized carbons (Fsp3) is 0.333. The number of urea groups is 1. The third-order valence-corrected chi connectivity index (χ3v) is 5.77. The summed E-state index contributed by atoms with van der Waals surface area (Å²) >= 11 is 0. The number of amides is 2. The first-order valence-corrected chi connectivity index (χ1v) is 10.7. The number of fused-ring (bicyclic) bond motifs is 3. The van der Waals surface area contributed by atoms with Crippen molar-refractivity contribution in [3.63, 3.8) is 0 Å². The molecule has 0 atom stereocenters. The minimum atomic E-state index is -0.168. The Morgan fingerprint density at radius 2 is 1.87 bits per heavy atom. The molecule has 3 aromatic rings. The highest BCUT2D eigenvalue weighted by molar-refractivity contribution is 5.89. The van der Waals surface area contributed by atoms with Crippen LogP contribution in [0.5, 0.6) is 0 Å². The molecule has 156 valence electrons. The summed E-state index contributed by atoms with van der Waals surface area (Å²) in [6.07, 6.45) is 1.84. The molecule has 4 rings (SSSR count). The number of anilines is 1. The number of carbonyl (C=O) groups is 1. The van der Waals surface area contributed by atoms with Gasteiger partial charge in [-0.15, -0.1) is 0 Å². The molecule has 0 radical (unpaired) electrons. The lowest BCUT2D eigenvalue weighted by molar-refractivity contribution is 0.250. The van der Waals surface area contributed by atoms with Crippen LogP contribution in [0.2, 0.25) is 0 Å². The number of aromatic nitrogens is 2. The van der Waals surface area contributed by atoms with Crippen LogP contribution in [0.3, 0.4) is 0 Å². The smallest absolute Gasteiger partial charge is 0.319 e. The van der Waals surface area contributed by atoms with E-state index in [1.54, 1.807) is 0 Å². The lowest BCUT2D eigenvalue weighted by Gasteiger charge is -2.17. The average Bonchev–Trinajstić information content (AvgIpc) is 3.34. The molecule has 0 saturated carbocycles. The minimum Gasteiger partial charge on any atom is -0.338 e. The van der Waals surface area contributed by atoms with Crippen LogP contribution in [-0.4, -0.2) is 47.3 Å². The number of nitrogens with zero attached hydrogens (tertiary/aromatic N) is 2. The van der Waals surface area contributed by atoms with Gasteiger partial charge in [0.05, 0.1) is 11.4 Å². The molecule has 1 aliphatic rings. The Morgan fingerprint density at radius 3 is 2.63 bits per heavy atom. The summed E-state index contributed by atoms with van der Waals surface area (Å²) in [5, 5.41) is 13.6. The first-order valence-electron chi connectivity index (χ1n) is 10.7. The van der Waals surface area contributed by atoms with Crippen molar-refractivity contribution in [2.75, 3.05) is 31.5 Å². The Hall–Kier alpha value is -3.12. The van der Waals surface area contributed by atoms with E-state index in [0.717, 1.165) is 55.1 Å². The zero-order valence-electron chi connectivity index (χ0n) is 17.7. The van der Waals surface area contributed by atoms with Gasteiger partial charge in [0.1, 0.15) is 0 Å². The van der Waals surface area contributed by atoms with Crippen molar-refractivity contribution in [3.05, 3.63) is 59.7 Å². The summed E-state index contributed by atoms with van der Waals surface area (Å²) in [6, 6.07) is 16.1. The van der Waals surface area contributed by atoms with Crippen LogP contribution in [-0.2, 0) is 6.42 Å². The van der Waals surface area contributed by atoms with Gasteiger partial charge in [-0.3, -0.25) is 5.10 Å². The predicted octanol–water partition coefficient (Wildman–Crippen LogP) is 4.50. The molecule has 0 fully saturated rings. The molecule has 2 aromatic carbocycles. The largest absolute Gasteiger partial charge is 0.338 e. The van der Waals surface area contributed by atoms with Crippen LogP contribution >= 0.6 is 0 Å². The van der Waals surface area contributed by atoms with Crippen molar-refractivity contribution in [2.24, 2.45) is 0 Å². The van der Waals surface area contributed by atoms with Gasteiger partial charge in [-0.1, -0.05) is 50.2 Å². The van der Waals surface area contributed by atoms with Crippen LogP contribution in [0.25, 0.3) is 22.5 Å². The second-order valence-electron chi connectivity index (χ2n) is 7.60. The number of carbonyl (C=O) groups excluding carboxylic acids is 1. The van der Waals surface area contributed by atoms with Crippen LogP contribution in [0.4, 0.5) is 10.5 Å². The van der Waals surface area contributed by atoms with Crippen molar-refractivity contribution >= 4 is 11.7 Å². The molecule has 1 aromatic heterocycles. The minimum absolute atomic E-state index is 0.168. The molecule has 1 aliphatic carbocycles. The number of H-pyrrole nitrogens is 1. The average molecular weight is 404 g/mol. The summed E-state index contributed by atoms with van der Waals surface area (Å²) < 4.78 is 0. The van der Waals surface area contributed by atoms with Crippen LogP contribution in [0.15, 0.2) is 48.5 Å². The summed E-state index contributed by atoms with van der Waals surface area (Å²) in [5.74, 6) is 0. The highest BCUT2D eigenvalue weighted by Gasteiger charge is 2.24. The molecule has 0 spiro atoms. The number of nitrogens with one attached hydrogen (secondary N) is 3. The molecule has 30 heavy (non-hydrogen) atoms. The second-order valence-corrected chi connectivity index (χ2v) is 7.60. The van der Waals surface area contributed by atoms with Crippen molar-refractivity contribution in [2.45, 2.75) is 26.7 Å². The number of hydrogen-bond donors (Lipinski definition) is 3. The lowest BCUT2D eigenvalue weighted by Crippen LogP contribution is -2.32. The predicted molar refractivity (Wildman–Crippen MR) is 122 cm³/mol. The molecule has 0 saturated heterocycles. The van der Waals surface area contributed by atoms with Gasteiger partial charge in [0.2, 0.25) is 0 Å². The normalized spacial score (nSPS) is 12.0. The molecule has 0 bridgehead atoms. The van der Waals surface area contributed by atoms with Gasteiger partial charge in [0.25, 0.3) is 0 Å². The van der Waals surface area contributed by atoms with E-state index in [0.29, 0.717) is 6.54 Å². The monoisotopic (exact) mass is 403 g/mol. The van der Waals surface area contributed by atoms with Gasteiger partial charge in [-0.05, 0) is 43.8 Å². The molecule has 0 aliphatic heterocycles. The zero-order valence-corrected chi connectivity index (χ0v) is 17.7. The van der Waals surface area contributed by atoms with E-state index >= 15 is 0 Å². The summed E-state index contributed by atoms with van der Waals surface area (Å²) in [5.41, 5.74) is 7.73. The van der Waals surface area contributed by atoms with Crippen LogP contribution < -0.4 is 10.6 Å². The van der Waals surface area contributed by atoms with E-state index in [1.165, 1.54) is 16.7 Å². The molecule has 3 N–H and O–H groups in total.